The topological polar surface area (TPSA) is 77.5 Å². The predicted molar refractivity (Wildman–Crippen MR) is 116 cm³/mol. The van der Waals surface area contributed by atoms with Crippen molar-refractivity contribution < 1.29 is 9.90 Å². The highest BCUT2D eigenvalue weighted by Crippen LogP contribution is 2.40. The summed E-state index contributed by atoms with van der Waals surface area (Å²) in [6.07, 6.45) is 5.88. The molecule has 0 bridgehead atoms. The lowest BCUT2D eigenvalue weighted by Gasteiger charge is -2.25. The van der Waals surface area contributed by atoms with Crippen molar-refractivity contribution in [1.82, 2.24) is 4.40 Å². The molecule has 0 radical (unpaired) electrons. The fourth-order valence-electron chi connectivity index (χ4n) is 4.10. The molecule has 4 rings (SSSR count). The molecule has 1 aliphatic rings. The van der Waals surface area contributed by atoms with E-state index in [-0.39, 0.29) is 5.75 Å². The number of pyridine rings is 1. The number of aliphatic carboxylic acids is 1. The second-order valence-electron chi connectivity index (χ2n) is 7.32. The van der Waals surface area contributed by atoms with Crippen LogP contribution in [0.4, 0.5) is 5.82 Å². The first-order chi connectivity index (χ1) is 14.2. The van der Waals surface area contributed by atoms with Gasteiger partial charge in [-0.2, -0.15) is 5.26 Å². The molecule has 1 aromatic carbocycles. The number of hydrogen-bond donors (Lipinski definition) is 2. The van der Waals surface area contributed by atoms with Crippen LogP contribution in [0, 0.1) is 11.3 Å². The van der Waals surface area contributed by atoms with Gasteiger partial charge in [-0.05, 0) is 30.5 Å². The Kier molecular flexibility index (Phi) is 5.77. The van der Waals surface area contributed by atoms with Gasteiger partial charge in [0.1, 0.15) is 11.9 Å². The number of rotatable bonds is 6. The van der Waals surface area contributed by atoms with Crippen molar-refractivity contribution in [3.05, 3.63) is 54.1 Å². The van der Waals surface area contributed by atoms with Crippen molar-refractivity contribution in [3.8, 4) is 17.2 Å². The van der Waals surface area contributed by atoms with E-state index in [0.29, 0.717) is 11.6 Å². The summed E-state index contributed by atoms with van der Waals surface area (Å²) in [5.74, 6) is 0.00999. The molecule has 3 aromatic rings. The van der Waals surface area contributed by atoms with Crippen LogP contribution in [0.5, 0.6) is 0 Å². The lowest BCUT2D eigenvalue weighted by atomic mass is 9.95. The van der Waals surface area contributed by atoms with E-state index in [2.05, 4.69) is 11.4 Å². The second-order valence-corrected chi connectivity index (χ2v) is 8.32. The van der Waals surface area contributed by atoms with Gasteiger partial charge < -0.3 is 10.4 Å². The van der Waals surface area contributed by atoms with Crippen LogP contribution in [0.15, 0.2) is 53.6 Å². The molecule has 29 heavy (non-hydrogen) atoms. The molecule has 0 atom stereocenters. The predicted octanol–water partition coefficient (Wildman–Crippen LogP) is 5.40. The smallest absolute Gasteiger partial charge is 0.313 e. The van der Waals surface area contributed by atoms with E-state index in [0.717, 1.165) is 40.3 Å². The number of nitriles is 1. The summed E-state index contributed by atoms with van der Waals surface area (Å²) in [5, 5.41) is 23.7. The maximum absolute atomic E-state index is 11.2. The van der Waals surface area contributed by atoms with Crippen molar-refractivity contribution in [2.75, 3.05) is 11.1 Å². The molecule has 1 saturated carbocycles. The van der Waals surface area contributed by atoms with Crippen LogP contribution in [0.2, 0.25) is 0 Å². The largest absolute Gasteiger partial charge is 0.481 e. The summed E-state index contributed by atoms with van der Waals surface area (Å²) < 4.78 is 2.03. The monoisotopic (exact) mass is 405 g/mol. The van der Waals surface area contributed by atoms with Gasteiger partial charge in [-0.1, -0.05) is 67.4 Å². The number of aromatic nitrogens is 1. The van der Waals surface area contributed by atoms with E-state index in [1.807, 2.05) is 52.9 Å². The number of nitrogens with zero attached hydrogens (tertiary/aromatic N) is 2. The summed E-state index contributed by atoms with van der Waals surface area (Å²) in [4.78, 5) is 11.2. The molecule has 148 valence electrons. The molecule has 5 nitrogen and oxygen atoms in total. The van der Waals surface area contributed by atoms with Crippen LogP contribution in [0.1, 0.15) is 37.7 Å². The average molecular weight is 406 g/mol. The van der Waals surface area contributed by atoms with Gasteiger partial charge in [0, 0.05) is 11.6 Å². The van der Waals surface area contributed by atoms with E-state index >= 15 is 0 Å². The number of nitrogens with one attached hydrogen (secondary N) is 1. The van der Waals surface area contributed by atoms with Gasteiger partial charge in [0.15, 0.2) is 0 Å². The highest BCUT2D eigenvalue weighted by Gasteiger charge is 2.24. The third-order valence-corrected chi connectivity index (χ3v) is 6.39. The van der Waals surface area contributed by atoms with Gasteiger partial charge in [-0.15, -0.1) is 0 Å². The van der Waals surface area contributed by atoms with Crippen molar-refractivity contribution >= 4 is 29.1 Å². The molecule has 2 aromatic heterocycles. The Morgan fingerprint density at radius 2 is 1.90 bits per heavy atom. The first-order valence-electron chi connectivity index (χ1n) is 9.93. The molecule has 1 aliphatic carbocycles. The van der Waals surface area contributed by atoms with E-state index in [9.17, 15) is 10.1 Å². The standard InChI is InChI=1S/C23H23N3O2S/c24-14-18-19-12-7-13-20(29-15-21(27)28)26(19)23(25-17-10-5-2-6-11-17)22(18)16-8-3-1-4-9-16/h1,3-4,7-9,12-13,17,25H,2,5-6,10-11,15H2,(H,27,28). The molecule has 2 heterocycles. The van der Waals surface area contributed by atoms with Crippen molar-refractivity contribution in [1.29, 1.82) is 5.26 Å². The Morgan fingerprint density at radius 3 is 2.59 bits per heavy atom. The molecule has 0 aliphatic heterocycles. The first-order valence-corrected chi connectivity index (χ1v) is 10.9. The fourth-order valence-corrected chi connectivity index (χ4v) is 4.86. The Hall–Kier alpha value is -2.91. The second kappa shape index (κ2) is 8.62. The first kappa shape index (κ1) is 19.4. The summed E-state index contributed by atoms with van der Waals surface area (Å²) in [7, 11) is 0. The van der Waals surface area contributed by atoms with Gasteiger partial charge in [-0.3, -0.25) is 9.20 Å². The maximum atomic E-state index is 11.2. The highest BCUT2D eigenvalue weighted by molar-refractivity contribution is 7.99. The summed E-state index contributed by atoms with van der Waals surface area (Å²) in [6.45, 7) is 0. The number of carbonyl (C=O) groups is 1. The molecule has 0 saturated heterocycles. The average Bonchev–Trinajstić information content (AvgIpc) is 3.07. The normalized spacial score (nSPS) is 14.6. The maximum Gasteiger partial charge on any atom is 0.313 e. The number of anilines is 1. The van der Waals surface area contributed by atoms with Crippen LogP contribution < -0.4 is 5.32 Å². The minimum Gasteiger partial charge on any atom is -0.481 e. The number of fused-ring (bicyclic) bond motifs is 1. The Morgan fingerprint density at radius 1 is 1.14 bits per heavy atom. The minimum absolute atomic E-state index is 0.0251. The third kappa shape index (κ3) is 3.96. The lowest BCUT2D eigenvalue weighted by molar-refractivity contribution is -0.133. The van der Waals surface area contributed by atoms with Gasteiger partial charge in [0.2, 0.25) is 0 Å². The molecular formula is C23H23N3O2S. The Balaban J connectivity index is 1.93. The van der Waals surface area contributed by atoms with Crippen molar-refractivity contribution in [2.45, 2.75) is 43.2 Å². The Labute approximate surface area is 174 Å². The molecule has 1 fully saturated rings. The zero-order valence-electron chi connectivity index (χ0n) is 16.1. The highest BCUT2D eigenvalue weighted by atomic mass is 32.2. The number of thioether (sulfide) groups is 1. The molecular weight excluding hydrogens is 382 g/mol. The molecule has 0 unspecified atom stereocenters. The zero-order valence-corrected chi connectivity index (χ0v) is 16.9. The fraction of sp³-hybridized carbons (Fsp3) is 0.304. The van der Waals surface area contributed by atoms with Crippen LogP contribution >= 0.6 is 11.8 Å². The van der Waals surface area contributed by atoms with Crippen LogP contribution in [-0.2, 0) is 4.79 Å². The number of hydrogen-bond acceptors (Lipinski definition) is 4. The van der Waals surface area contributed by atoms with Gasteiger partial charge in [0.25, 0.3) is 0 Å². The van der Waals surface area contributed by atoms with Crippen LogP contribution in [0.25, 0.3) is 16.6 Å². The molecule has 6 heteroatoms. The van der Waals surface area contributed by atoms with Gasteiger partial charge in [-0.25, -0.2) is 0 Å². The van der Waals surface area contributed by atoms with Gasteiger partial charge in [0.05, 0.1) is 21.9 Å². The van der Waals surface area contributed by atoms with E-state index in [1.165, 1.54) is 31.0 Å². The molecule has 0 spiro atoms. The number of carboxylic acids is 1. The van der Waals surface area contributed by atoms with E-state index in [4.69, 9.17) is 5.11 Å². The van der Waals surface area contributed by atoms with E-state index in [1.54, 1.807) is 0 Å². The SMILES string of the molecule is N#Cc1c(-c2ccccc2)c(NC2CCCCC2)n2c(SCC(=O)O)cccc12. The van der Waals surface area contributed by atoms with E-state index < -0.39 is 5.97 Å². The lowest BCUT2D eigenvalue weighted by Crippen LogP contribution is -2.23. The number of carboxylic acid groups (broad SMARTS) is 1. The summed E-state index contributed by atoms with van der Waals surface area (Å²) in [5.41, 5.74) is 3.30. The van der Waals surface area contributed by atoms with Crippen molar-refractivity contribution in [2.24, 2.45) is 0 Å². The number of benzene rings is 1. The summed E-state index contributed by atoms with van der Waals surface area (Å²) >= 11 is 1.28. The molecule has 0 amide bonds. The minimum atomic E-state index is -0.857. The quantitative estimate of drug-likeness (QED) is 0.537. The third-order valence-electron chi connectivity index (χ3n) is 5.38. The molecule has 2 N–H and O–H groups in total. The zero-order chi connectivity index (χ0) is 20.2. The Bertz CT molecular complexity index is 1060. The van der Waals surface area contributed by atoms with Gasteiger partial charge >= 0.3 is 5.97 Å². The van der Waals surface area contributed by atoms with Crippen molar-refractivity contribution in [3.63, 3.8) is 0 Å². The van der Waals surface area contributed by atoms with Crippen LogP contribution in [-0.4, -0.2) is 27.3 Å². The van der Waals surface area contributed by atoms with Crippen LogP contribution in [0.3, 0.4) is 0 Å². The summed E-state index contributed by atoms with van der Waals surface area (Å²) in [6, 6.07) is 18.5.